The van der Waals surface area contributed by atoms with E-state index in [-0.39, 0.29) is 5.56 Å². The van der Waals surface area contributed by atoms with Gasteiger partial charge in [-0.05, 0) is 29.8 Å². The molecule has 4 rings (SSSR count). The van der Waals surface area contributed by atoms with Gasteiger partial charge in [0, 0.05) is 55.7 Å². The van der Waals surface area contributed by atoms with E-state index in [9.17, 15) is 4.79 Å². The summed E-state index contributed by atoms with van der Waals surface area (Å²) in [6.07, 6.45) is 3.48. The molecule has 0 spiro atoms. The molecule has 6 heteroatoms. The highest BCUT2D eigenvalue weighted by Crippen LogP contribution is 2.37. The Kier molecular flexibility index (Phi) is 4.05. The van der Waals surface area contributed by atoms with Crippen molar-refractivity contribution in [2.24, 2.45) is 7.05 Å². The van der Waals surface area contributed by atoms with E-state index >= 15 is 0 Å². The first-order chi connectivity index (χ1) is 12.6. The number of benzene rings is 1. The van der Waals surface area contributed by atoms with Crippen molar-refractivity contribution in [3.05, 3.63) is 64.5 Å². The fourth-order valence-corrected chi connectivity index (χ4v) is 4.09. The van der Waals surface area contributed by atoms with Gasteiger partial charge in [-0.2, -0.15) is 5.10 Å². The predicted octanol–water partition coefficient (Wildman–Crippen LogP) is 3.79. The number of nitrogens with zero attached hydrogens (tertiary/aromatic N) is 4. The normalized spacial score (nSPS) is 11.0. The summed E-state index contributed by atoms with van der Waals surface area (Å²) in [5.74, 6) is 0. The fraction of sp³-hybridized carbons (Fsp3) is 0.150. The molecule has 0 radical (unpaired) electrons. The molecule has 0 aliphatic heterocycles. The minimum atomic E-state index is -0.0828. The molecule has 1 aromatic carbocycles. The molecule has 0 aliphatic rings. The first-order valence-corrected chi connectivity index (χ1v) is 9.11. The molecule has 4 aromatic rings. The number of rotatable bonds is 3. The van der Waals surface area contributed by atoms with Crippen molar-refractivity contribution < 1.29 is 0 Å². The number of aryl methyl sites for hydroxylation is 1. The average molecular weight is 362 g/mol. The zero-order valence-corrected chi connectivity index (χ0v) is 15.6. The van der Waals surface area contributed by atoms with E-state index in [1.807, 2.05) is 43.7 Å². The number of hydrogen-bond acceptors (Lipinski definition) is 5. The molecule has 0 unspecified atom stereocenters. The second-order valence-electron chi connectivity index (χ2n) is 6.31. The summed E-state index contributed by atoms with van der Waals surface area (Å²) in [7, 11) is 5.72. The van der Waals surface area contributed by atoms with Crippen LogP contribution >= 0.6 is 11.3 Å². The first-order valence-electron chi connectivity index (χ1n) is 8.23. The summed E-state index contributed by atoms with van der Waals surface area (Å²) in [6, 6.07) is 12.0. The van der Waals surface area contributed by atoms with Gasteiger partial charge < -0.3 is 4.90 Å². The maximum absolute atomic E-state index is 12.8. The van der Waals surface area contributed by atoms with Crippen molar-refractivity contribution in [1.29, 1.82) is 0 Å². The number of aromatic nitrogens is 3. The van der Waals surface area contributed by atoms with Crippen LogP contribution in [0.1, 0.15) is 0 Å². The van der Waals surface area contributed by atoms with E-state index in [1.54, 1.807) is 30.8 Å². The van der Waals surface area contributed by atoms with Gasteiger partial charge in [-0.1, -0.05) is 12.1 Å². The van der Waals surface area contributed by atoms with Crippen LogP contribution < -0.4 is 10.5 Å². The Morgan fingerprint density at radius 1 is 1.08 bits per heavy atom. The zero-order chi connectivity index (χ0) is 18.3. The van der Waals surface area contributed by atoms with Crippen LogP contribution in [0.15, 0.2) is 59.0 Å². The lowest BCUT2D eigenvalue weighted by Crippen LogP contribution is -2.20. The van der Waals surface area contributed by atoms with Gasteiger partial charge in [-0.3, -0.25) is 9.78 Å². The maximum atomic E-state index is 12.8. The Labute approximate surface area is 155 Å². The summed E-state index contributed by atoms with van der Waals surface area (Å²) in [6.45, 7) is 0. The summed E-state index contributed by atoms with van der Waals surface area (Å²) in [4.78, 5) is 19.0. The van der Waals surface area contributed by atoms with E-state index in [0.29, 0.717) is 5.39 Å². The lowest BCUT2D eigenvalue weighted by molar-refractivity contribution is 0.723. The van der Waals surface area contributed by atoms with Crippen LogP contribution in [0.4, 0.5) is 5.69 Å². The van der Waals surface area contributed by atoms with Gasteiger partial charge in [0.1, 0.15) is 5.69 Å². The van der Waals surface area contributed by atoms with E-state index in [4.69, 9.17) is 0 Å². The van der Waals surface area contributed by atoms with Crippen LogP contribution in [-0.2, 0) is 7.05 Å². The number of pyridine rings is 1. The zero-order valence-electron chi connectivity index (χ0n) is 14.8. The molecule has 0 N–H and O–H groups in total. The monoisotopic (exact) mass is 362 g/mol. The van der Waals surface area contributed by atoms with Gasteiger partial charge in [0.05, 0.1) is 10.1 Å². The van der Waals surface area contributed by atoms with Crippen molar-refractivity contribution in [3.8, 4) is 22.4 Å². The molecule has 0 amide bonds. The summed E-state index contributed by atoms with van der Waals surface area (Å²) in [5.41, 5.74) is 4.76. The Morgan fingerprint density at radius 2 is 1.85 bits per heavy atom. The highest BCUT2D eigenvalue weighted by atomic mass is 32.1. The van der Waals surface area contributed by atoms with Crippen molar-refractivity contribution >= 4 is 27.1 Å². The minimum Gasteiger partial charge on any atom is -0.378 e. The average Bonchev–Trinajstić information content (AvgIpc) is 3.11. The van der Waals surface area contributed by atoms with E-state index in [1.165, 1.54) is 4.68 Å². The van der Waals surface area contributed by atoms with Gasteiger partial charge in [0.15, 0.2) is 0 Å². The molecule has 26 heavy (non-hydrogen) atoms. The molecule has 0 saturated carbocycles. The molecular weight excluding hydrogens is 344 g/mol. The molecule has 0 bridgehead atoms. The summed E-state index contributed by atoms with van der Waals surface area (Å²) >= 11 is 1.56. The Bertz CT molecular complexity index is 1150. The molecule has 0 fully saturated rings. The lowest BCUT2D eigenvalue weighted by atomic mass is 10.0. The topological polar surface area (TPSA) is 51.0 Å². The van der Waals surface area contributed by atoms with Crippen molar-refractivity contribution in [3.63, 3.8) is 0 Å². The molecule has 0 saturated heterocycles. The van der Waals surface area contributed by atoms with Gasteiger partial charge in [-0.15, -0.1) is 11.3 Å². The quantitative estimate of drug-likeness (QED) is 0.556. The Balaban J connectivity index is 2.01. The molecule has 5 nitrogen and oxygen atoms in total. The Hall–Kier alpha value is -2.99. The van der Waals surface area contributed by atoms with Crippen LogP contribution in [0.5, 0.6) is 0 Å². The largest absolute Gasteiger partial charge is 0.378 e. The third-order valence-corrected chi connectivity index (χ3v) is 5.38. The number of thiophene rings is 1. The van der Waals surface area contributed by atoms with Crippen molar-refractivity contribution in [1.82, 2.24) is 14.8 Å². The van der Waals surface area contributed by atoms with Crippen molar-refractivity contribution in [2.75, 3.05) is 19.0 Å². The van der Waals surface area contributed by atoms with E-state index in [2.05, 4.69) is 27.1 Å². The van der Waals surface area contributed by atoms with Gasteiger partial charge in [0.2, 0.25) is 0 Å². The molecule has 3 aromatic heterocycles. The number of anilines is 1. The standard InChI is InChI=1S/C20H18N4OS/c1-23(2)15-6-4-5-14(11-15)18-19-17(20(25)24(3)22-18)16(12-26-19)13-7-9-21-10-8-13/h4-12H,1-3H3. The minimum absolute atomic E-state index is 0.0828. The third kappa shape index (κ3) is 2.68. The van der Waals surface area contributed by atoms with Crippen molar-refractivity contribution in [2.45, 2.75) is 0 Å². The number of fused-ring (bicyclic) bond motifs is 1. The first kappa shape index (κ1) is 16.5. The second-order valence-corrected chi connectivity index (χ2v) is 7.19. The van der Waals surface area contributed by atoms with Gasteiger partial charge >= 0.3 is 0 Å². The van der Waals surface area contributed by atoms with Gasteiger partial charge in [0.25, 0.3) is 5.56 Å². The molecule has 3 heterocycles. The SMILES string of the molecule is CN(C)c1cccc(-c2nn(C)c(=O)c3c(-c4ccncc4)csc23)c1. The third-order valence-electron chi connectivity index (χ3n) is 4.39. The lowest BCUT2D eigenvalue weighted by Gasteiger charge is -2.14. The van der Waals surface area contributed by atoms with Gasteiger partial charge in [-0.25, -0.2) is 4.68 Å². The summed E-state index contributed by atoms with van der Waals surface area (Å²) in [5, 5.41) is 7.30. The van der Waals surface area contributed by atoms with Crippen LogP contribution in [0, 0.1) is 0 Å². The Morgan fingerprint density at radius 3 is 2.58 bits per heavy atom. The molecular formula is C20H18N4OS. The number of hydrogen-bond donors (Lipinski definition) is 0. The van der Waals surface area contributed by atoms with Crippen LogP contribution in [0.3, 0.4) is 0 Å². The van der Waals surface area contributed by atoms with E-state index < -0.39 is 0 Å². The highest BCUT2D eigenvalue weighted by molar-refractivity contribution is 7.18. The maximum Gasteiger partial charge on any atom is 0.275 e. The van der Waals surface area contributed by atoms with Crippen LogP contribution in [0.2, 0.25) is 0 Å². The fourth-order valence-electron chi connectivity index (χ4n) is 3.01. The smallest absolute Gasteiger partial charge is 0.275 e. The van der Waals surface area contributed by atoms with Crippen LogP contribution in [-0.4, -0.2) is 28.9 Å². The molecule has 130 valence electrons. The van der Waals surface area contributed by atoms with E-state index in [0.717, 1.165) is 32.8 Å². The second kappa shape index (κ2) is 6.38. The van der Waals surface area contributed by atoms with Crippen LogP contribution in [0.25, 0.3) is 32.5 Å². The highest BCUT2D eigenvalue weighted by Gasteiger charge is 2.17. The predicted molar refractivity (Wildman–Crippen MR) is 108 cm³/mol. The molecule has 0 aliphatic carbocycles. The summed E-state index contributed by atoms with van der Waals surface area (Å²) < 4.78 is 2.34. The molecule has 0 atom stereocenters.